The Morgan fingerprint density at radius 3 is 1.93 bits per heavy atom. The summed E-state index contributed by atoms with van der Waals surface area (Å²) in [6, 6.07) is 0.699. The maximum atomic E-state index is 2.56. The van der Waals surface area contributed by atoms with E-state index in [0.717, 1.165) is 0 Å². The maximum absolute atomic E-state index is 2.56. The lowest BCUT2D eigenvalue weighted by Gasteiger charge is -2.30. The van der Waals surface area contributed by atoms with E-state index in [1.54, 1.807) is 0 Å². The quantitative estimate of drug-likeness (QED) is 0.580. The van der Waals surface area contributed by atoms with Gasteiger partial charge in [0.25, 0.3) is 0 Å². The zero-order valence-corrected chi connectivity index (χ0v) is 11.8. The first kappa shape index (κ1) is 15.0. The minimum Gasteiger partial charge on any atom is -0.301 e. The Labute approximate surface area is 97.2 Å². The van der Waals surface area contributed by atoms with Crippen LogP contribution in [0.3, 0.4) is 0 Å². The van der Waals surface area contributed by atoms with Crippen molar-refractivity contribution in [2.45, 2.75) is 73.3 Å². The fraction of sp³-hybridized carbons (Fsp3) is 1.00. The molecule has 0 fully saturated rings. The summed E-state index contributed by atoms with van der Waals surface area (Å²) in [5.41, 5.74) is 0.580. The van der Waals surface area contributed by atoms with Crippen molar-refractivity contribution in [3.05, 3.63) is 0 Å². The number of nitrogens with zero attached hydrogens (tertiary/aromatic N) is 1. The molecule has 1 nitrogen and oxygen atoms in total. The van der Waals surface area contributed by atoms with E-state index < -0.39 is 0 Å². The van der Waals surface area contributed by atoms with Crippen molar-refractivity contribution in [3.63, 3.8) is 0 Å². The molecule has 92 valence electrons. The van der Waals surface area contributed by atoms with E-state index in [4.69, 9.17) is 0 Å². The Bertz CT molecular complexity index is 147. The average molecular weight is 213 g/mol. The molecule has 0 aromatic rings. The summed E-state index contributed by atoms with van der Waals surface area (Å²) in [7, 11) is 0. The molecule has 0 amide bonds. The van der Waals surface area contributed by atoms with Gasteiger partial charge in [-0.1, -0.05) is 40.5 Å². The molecule has 0 aliphatic heterocycles. The first-order valence-corrected chi connectivity index (χ1v) is 6.73. The van der Waals surface area contributed by atoms with Crippen molar-refractivity contribution in [2.24, 2.45) is 5.41 Å². The van der Waals surface area contributed by atoms with Gasteiger partial charge < -0.3 is 4.90 Å². The fourth-order valence-corrected chi connectivity index (χ4v) is 2.09. The lowest BCUT2D eigenvalue weighted by molar-refractivity contribution is 0.198. The van der Waals surface area contributed by atoms with Crippen LogP contribution in [0.1, 0.15) is 67.2 Å². The highest BCUT2D eigenvalue weighted by Crippen LogP contribution is 2.30. The Balaban J connectivity index is 3.85. The second-order valence-electron chi connectivity index (χ2n) is 5.34. The van der Waals surface area contributed by atoms with Crippen molar-refractivity contribution in [1.29, 1.82) is 0 Å². The first-order chi connectivity index (χ1) is 6.99. The highest BCUT2D eigenvalue weighted by atomic mass is 15.1. The van der Waals surface area contributed by atoms with E-state index in [2.05, 4.69) is 46.4 Å². The third-order valence-corrected chi connectivity index (χ3v) is 4.07. The van der Waals surface area contributed by atoms with E-state index in [1.165, 1.54) is 38.8 Å². The summed E-state index contributed by atoms with van der Waals surface area (Å²) in [6.45, 7) is 16.4. The molecule has 0 unspecified atom stereocenters. The molecular formula is C14H31N. The van der Waals surface area contributed by atoms with Crippen molar-refractivity contribution in [3.8, 4) is 0 Å². The smallest absolute Gasteiger partial charge is 0.00384 e. The molecule has 0 spiro atoms. The molecule has 0 rings (SSSR count). The third kappa shape index (κ3) is 5.55. The zero-order chi connectivity index (χ0) is 11.9. The SMILES string of the molecule is CCN(CCCC(C)(CC)CC)C(C)C. The van der Waals surface area contributed by atoms with Gasteiger partial charge in [0, 0.05) is 6.04 Å². The summed E-state index contributed by atoms with van der Waals surface area (Å²) in [5.74, 6) is 0. The molecule has 0 aliphatic rings. The van der Waals surface area contributed by atoms with Crippen LogP contribution in [0.25, 0.3) is 0 Å². The van der Waals surface area contributed by atoms with Crippen molar-refractivity contribution >= 4 is 0 Å². The molecule has 0 saturated carbocycles. The van der Waals surface area contributed by atoms with Crippen molar-refractivity contribution in [1.82, 2.24) is 4.90 Å². The van der Waals surface area contributed by atoms with E-state index in [9.17, 15) is 0 Å². The summed E-state index contributed by atoms with van der Waals surface area (Å²) in [5, 5.41) is 0. The zero-order valence-electron chi connectivity index (χ0n) is 11.8. The second-order valence-corrected chi connectivity index (χ2v) is 5.34. The highest BCUT2D eigenvalue weighted by Gasteiger charge is 2.19. The Kier molecular flexibility index (Phi) is 7.25. The standard InChI is InChI=1S/C14H31N/c1-7-14(6,8-2)11-10-12-15(9-3)13(4)5/h13H,7-12H2,1-6H3. The Morgan fingerprint density at radius 2 is 1.60 bits per heavy atom. The normalized spacial score (nSPS) is 12.8. The molecule has 0 aliphatic carbocycles. The molecule has 0 atom stereocenters. The van der Waals surface area contributed by atoms with Gasteiger partial charge in [0.2, 0.25) is 0 Å². The van der Waals surface area contributed by atoms with Gasteiger partial charge in [0.15, 0.2) is 0 Å². The van der Waals surface area contributed by atoms with Crippen molar-refractivity contribution in [2.75, 3.05) is 13.1 Å². The summed E-state index contributed by atoms with van der Waals surface area (Å²) in [4.78, 5) is 2.56. The lowest BCUT2D eigenvalue weighted by atomic mass is 9.80. The summed E-state index contributed by atoms with van der Waals surface area (Å²) < 4.78 is 0. The summed E-state index contributed by atoms with van der Waals surface area (Å²) >= 11 is 0. The molecule has 0 aromatic heterocycles. The Morgan fingerprint density at radius 1 is 1.07 bits per heavy atom. The average Bonchev–Trinajstić information content (AvgIpc) is 2.23. The maximum Gasteiger partial charge on any atom is 0.00384 e. The number of rotatable bonds is 8. The van der Waals surface area contributed by atoms with E-state index >= 15 is 0 Å². The molecule has 0 bridgehead atoms. The second kappa shape index (κ2) is 7.27. The molecule has 0 aromatic carbocycles. The van der Waals surface area contributed by atoms with Gasteiger partial charge in [-0.3, -0.25) is 0 Å². The van der Waals surface area contributed by atoms with Gasteiger partial charge >= 0.3 is 0 Å². The van der Waals surface area contributed by atoms with Gasteiger partial charge in [0.1, 0.15) is 0 Å². The highest BCUT2D eigenvalue weighted by molar-refractivity contribution is 4.72. The minimum atomic E-state index is 0.580. The van der Waals surface area contributed by atoms with Gasteiger partial charge in [0.05, 0.1) is 0 Å². The molecule has 0 N–H and O–H groups in total. The van der Waals surface area contributed by atoms with Crippen LogP contribution in [0.5, 0.6) is 0 Å². The Hall–Kier alpha value is -0.0400. The van der Waals surface area contributed by atoms with E-state index in [-0.39, 0.29) is 0 Å². The monoisotopic (exact) mass is 213 g/mol. The molecule has 0 saturated heterocycles. The van der Waals surface area contributed by atoms with Crippen LogP contribution >= 0.6 is 0 Å². The third-order valence-electron chi connectivity index (χ3n) is 4.07. The van der Waals surface area contributed by atoms with Gasteiger partial charge in [-0.15, -0.1) is 0 Å². The topological polar surface area (TPSA) is 3.24 Å². The van der Waals surface area contributed by atoms with E-state index in [1.807, 2.05) is 0 Å². The number of hydrogen-bond donors (Lipinski definition) is 0. The van der Waals surface area contributed by atoms with Gasteiger partial charge in [-0.25, -0.2) is 0 Å². The van der Waals surface area contributed by atoms with Gasteiger partial charge in [-0.2, -0.15) is 0 Å². The van der Waals surface area contributed by atoms with Crippen molar-refractivity contribution < 1.29 is 0 Å². The largest absolute Gasteiger partial charge is 0.301 e. The molecule has 1 heteroatoms. The molecule has 0 heterocycles. The van der Waals surface area contributed by atoms with E-state index in [0.29, 0.717) is 11.5 Å². The van der Waals surface area contributed by atoms with Crippen LogP contribution in [-0.4, -0.2) is 24.0 Å². The minimum absolute atomic E-state index is 0.580. The molecule has 15 heavy (non-hydrogen) atoms. The van der Waals surface area contributed by atoms with Crippen LogP contribution in [0, 0.1) is 5.41 Å². The predicted molar refractivity (Wildman–Crippen MR) is 70.3 cm³/mol. The van der Waals surface area contributed by atoms with Gasteiger partial charge in [-0.05, 0) is 45.2 Å². The molecule has 0 radical (unpaired) electrons. The van der Waals surface area contributed by atoms with Crippen LogP contribution in [0.2, 0.25) is 0 Å². The summed E-state index contributed by atoms with van der Waals surface area (Å²) in [6.07, 6.45) is 5.36. The van der Waals surface area contributed by atoms with Crippen LogP contribution in [0.15, 0.2) is 0 Å². The fourth-order valence-electron chi connectivity index (χ4n) is 2.09. The predicted octanol–water partition coefficient (Wildman–Crippen LogP) is 4.32. The van der Waals surface area contributed by atoms with Crippen LogP contribution < -0.4 is 0 Å². The lowest BCUT2D eigenvalue weighted by Crippen LogP contribution is -2.32. The van der Waals surface area contributed by atoms with Crippen LogP contribution in [-0.2, 0) is 0 Å². The number of hydrogen-bond acceptors (Lipinski definition) is 1. The molecular weight excluding hydrogens is 182 g/mol. The first-order valence-electron chi connectivity index (χ1n) is 6.73. The van der Waals surface area contributed by atoms with Crippen LogP contribution in [0.4, 0.5) is 0 Å².